The Kier molecular flexibility index (Phi) is 6.19. The number of nitrogens with zero attached hydrogens (tertiary/aromatic N) is 1. The summed E-state index contributed by atoms with van der Waals surface area (Å²) < 4.78 is 4.45. The molecule has 0 saturated carbocycles. The Morgan fingerprint density at radius 1 is 1.29 bits per heavy atom. The molecule has 21 heavy (non-hydrogen) atoms. The molecule has 0 unspecified atom stereocenters. The number of ether oxygens (including phenoxy) is 1. The number of terminal acetylenes is 1. The maximum absolute atomic E-state index is 10.8. The Morgan fingerprint density at radius 3 is 2.48 bits per heavy atom. The van der Waals surface area contributed by atoms with E-state index in [1.807, 2.05) is 0 Å². The summed E-state index contributed by atoms with van der Waals surface area (Å²) in [6, 6.07) is 12.0. The molecule has 2 aliphatic carbocycles. The number of fused-ring (bicyclic) bond motifs is 1. The van der Waals surface area contributed by atoms with Crippen molar-refractivity contribution in [2.45, 2.75) is 0 Å². The molecule has 0 fully saturated rings. The lowest BCUT2D eigenvalue weighted by atomic mass is 10.2. The lowest BCUT2D eigenvalue weighted by molar-refractivity contribution is -0.134. The minimum atomic E-state index is -0.420. The molecule has 4 heteroatoms. The van der Waals surface area contributed by atoms with Crippen LogP contribution in [-0.2, 0) is 9.53 Å². The number of carbonyl (C=O) groups excluding carboxylic acids is 1. The fraction of sp³-hybridized carbons (Fsp3) is 0.0588. The number of hydrogen-bond acceptors (Lipinski definition) is 3. The van der Waals surface area contributed by atoms with Gasteiger partial charge in [-0.3, -0.25) is 0 Å². The second-order valence-electron chi connectivity index (χ2n) is 4.02. The Labute approximate surface area is 130 Å². The number of esters is 1. The Balaban J connectivity index is 0.000000259. The van der Waals surface area contributed by atoms with Crippen LogP contribution in [0.3, 0.4) is 0 Å². The summed E-state index contributed by atoms with van der Waals surface area (Å²) >= 11 is 0. The third kappa shape index (κ3) is 4.79. The van der Waals surface area contributed by atoms with Gasteiger partial charge < -0.3 is 4.74 Å². The molecule has 1 aromatic rings. The molecular formula is C17H14ClNO2. The van der Waals surface area contributed by atoms with Crippen LogP contribution >= 0.6 is 12.4 Å². The number of methoxy groups -OCH3 is 1. The summed E-state index contributed by atoms with van der Waals surface area (Å²) in [7, 11) is 1.32. The zero-order valence-corrected chi connectivity index (χ0v) is 12.3. The minimum Gasteiger partial charge on any atom is -0.466 e. The summed E-state index contributed by atoms with van der Waals surface area (Å²) in [5.41, 5.74) is 4.08. The molecule has 3 rings (SSSR count). The molecule has 0 aliphatic heterocycles. The van der Waals surface area contributed by atoms with E-state index in [1.165, 1.54) is 24.3 Å². The van der Waals surface area contributed by atoms with Crippen molar-refractivity contribution in [3.05, 3.63) is 59.9 Å². The third-order valence-corrected chi connectivity index (χ3v) is 2.69. The van der Waals surface area contributed by atoms with Gasteiger partial charge in [-0.2, -0.15) is 0 Å². The van der Waals surface area contributed by atoms with E-state index >= 15 is 0 Å². The van der Waals surface area contributed by atoms with Crippen molar-refractivity contribution in [2.75, 3.05) is 7.11 Å². The van der Waals surface area contributed by atoms with Crippen molar-refractivity contribution in [3.8, 4) is 23.5 Å². The first kappa shape index (κ1) is 16.5. The van der Waals surface area contributed by atoms with E-state index in [-0.39, 0.29) is 12.4 Å². The zero-order valence-electron chi connectivity index (χ0n) is 11.4. The Morgan fingerprint density at radius 2 is 2.00 bits per heavy atom. The lowest BCUT2D eigenvalue weighted by Crippen LogP contribution is -1.94. The van der Waals surface area contributed by atoms with Gasteiger partial charge in [-0.15, -0.1) is 18.8 Å². The van der Waals surface area contributed by atoms with Gasteiger partial charge in [0, 0.05) is 17.8 Å². The van der Waals surface area contributed by atoms with Crippen LogP contribution in [0.15, 0.2) is 48.7 Å². The van der Waals surface area contributed by atoms with Crippen molar-refractivity contribution in [2.24, 2.45) is 0 Å². The number of pyridine rings is 1. The highest BCUT2D eigenvalue weighted by molar-refractivity contribution is 5.87. The van der Waals surface area contributed by atoms with E-state index in [0.717, 1.165) is 5.56 Å². The maximum Gasteiger partial charge on any atom is 0.330 e. The molecule has 0 spiro atoms. The highest BCUT2D eigenvalue weighted by atomic mass is 35.5. The van der Waals surface area contributed by atoms with Gasteiger partial charge in [0.25, 0.3) is 0 Å². The summed E-state index contributed by atoms with van der Waals surface area (Å²) in [6.45, 7) is 0. The van der Waals surface area contributed by atoms with E-state index < -0.39 is 5.97 Å². The highest BCUT2D eigenvalue weighted by Gasteiger charge is 2.06. The number of carbonyl (C=O) groups is 1. The Bertz CT molecular complexity index is 685. The smallest absolute Gasteiger partial charge is 0.330 e. The van der Waals surface area contributed by atoms with Gasteiger partial charge in [-0.25, -0.2) is 9.78 Å². The second-order valence-corrected chi connectivity index (χ2v) is 4.02. The van der Waals surface area contributed by atoms with Crippen LogP contribution in [0.1, 0.15) is 11.3 Å². The molecular weight excluding hydrogens is 286 g/mol. The molecule has 2 aliphatic rings. The van der Waals surface area contributed by atoms with E-state index in [4.69, 9.17) is 6.42 Å². The number of rotatable bonds is 2. The van der Waals surface area contributed by atoms with Crippen LogP contribution in [0.2, 0.25) is 0 Å². The Hall–Kier alpha value is -2.57. The van der Waals surface area contributed by atoms with Gasteiger partial charge in [-0.1, -0.05) is 24.3 Å². The molecule has 1 aromatic heterocycles. The van der Waals surface area contributed by atoms with Crippen molar-refractivity contribution < 1.29 is 9.53 Å². The quantitative estimate of drug-likeness (QED) is 0.414. The van der Waals surface area contributed by atoms with Crippen molar-refractivity contribution in [1.29, 1.82) is 0 Å². The normalized spacial score (nSPS) is 9.71. The molecule has 0 N–H and O–H groups in total. The molecule has 0 atom stereocenters. The third-order valence-electron chi connectivity index (χ3n) is 2.69. The minimum absolute atomic E-state index is 0. The summed E-state index contributed by atoms with van der Waals surface area (Å²) in [5.74, 6) is 2.00. The molecule has 0 bridgehead atoms. The molecule has 0 amide bonds. The summed E-state index contributed by atoms with van der Waals surface area (Å²) in [6.07, 6.45) is 9.71. The highest BCUT2D eigenvalue weighted by Crippen LogP contribution is 2.32. The first-order chi connectivity index (χ1) is 9.74. The van der Waals surface area contributed by atoms with Crippen LogP contribution < -0.4 is 0 Å². The molecule has 0 aromatic carbocycles. The lowest BCUT2D eigenvalue weighted by Gasteiger charge is -1.95. The van der Waals surface area contributed by atoms with Crippen LogP contribution in [0.25, 0.3) is 17.2 Å². The predicted octanol–water partition coefficient (Wildman–Crippen LogP) is 3.34. The monoisotopic (exact) mass is 299 g/mol. The van der Waals surface area contributed by atoms with Gasteiger partial charge in [0.2, 0.25) is 0 Å². The average molecular weight is 300 g/mol. The van der Waals surface area contributed by atoms with E-state index in [0.29, 0.717) is 5.69 Å². The zero-order chi connectivity index (χ0) is 14.4. The van der Waals surface area contributed by atoms with Crippen LogP contribution in [0.5, 0.6) is 0 Å². The van der Waals surface area contributed by atoms with Crippen LogP contribution in [0.4, 0.5) is 0 Å². The number of hydrogen-bond donors (Lipinski definition) is 0. The standard InChI is InChI=1S/C11H9NO2.C6H4.ClH/c1-3-10-9(5-4-8-12-10)6-7-11(13)14-2;1-2-5-4-6(5)3-1;/h1,4-8H,2H3;1-4H;1H. The van der Waals surface area contributed by atoms with Gasteiger partial charge >= 0.3 is 5.97 Å². The maximum atomic E-state index is 10.8. The van der Waals surface area contributed by atoms with E-state index in [1.54, 1.807) is 24.4 Å². The number of benzene rings is 1. The van der Waals surface area contributed by atoms with E-state index in [2.05, 4.69) is 39.9 Å². The summed E-state index contributed by atoms with van der Waals surface area (Å²) in [5, 5.41) is 0. The van der Waals surface area contributed by atoms with Crippen LogP contribution in [0, 0.1) is 12.3 Å². The predicted molar refractivity (Wildman–Crippen MR) is 85.9 cm³/mol. The van der Waals surface area contributed by atoms with Gasteiger partial charge in [0.15, 0.2) is 0 Å². The summed E-state index contributed by atoms with van der Waals surface area (Å²) in [4.78, 5) is 14.8. The SMILES string of the molecule is C#Cc1ncccc1C=CC(=O)OC.Cl.c1cc2cc-2c1. The average Bonchev–Trinajstić information content (AvgIpc) is 3.11. The first-order valence-electron chi connectivity index (χ1n) is 6.02. The fourth-order valence-corrected chi connectivity index (χ4v) is 1.57. The molecule has 3 nitrogen and oxygen atoms in total. The van der Waals surface area contributed by atoms with Crippen molar-refractivity contribution in [1.82, 2.24) is 4.98 Å². The van der Waals surface area contributed by atoms with Gasteiger partial charge in [0.05, 0.1) is 7.11 Å². The van der Waals surface area contributed by atoms with Gasteiger partial charge in [0.1, 0.15) is 5.69 Å². The first-order valence-corrected chi connectivity index (χ1v) is 6.02. The topological polar surface area (TPSA) is 39.2 Å². The number of halogens is 1. The van der Waals surface area contributed by atoms with Crippen molar-refractivity contribution >= 4 is 24.5 Å². The van der Waals surface area contributed by atoms with Crippen LogP contribution in [-0.4, -0.2) is 18.1 Å². The molecule has 0 radical (unpaired) electrons. The van der Waals surface area contributed by atoms with Gasteiger partial charge in [-0.05, 0) is 35.3 Å². The van der Waals surface area contributed by atoms with E-state index in [9.17, 15) is 4.79 Å². The van der Waals surface area contributed by atoms with Crippen molar-refractivity contribution in [3.63, 3.8) is 0 Å². The number of aromatic nitrogens is 1. The molecule has 106 valence electrons. The largest absolute Gasteiger partial charge is 0.466 e. The molecule has 1 heterocycles. The second kappa shape index (κ2) is 7.88. The fourth-order valence-electron chi connectivity index (χ4n) is 1.57. The molecule has 0 saturated heterocycles.